The van der Waals surface area contributed by atoms with E-state index in [0.717, 1.165) is 25.7 Å². The quantitative estimate of drug-likeness (QED) is 0.287. The number of esters is 1. The summed E-state index contributed by atoms with van der Waals surface area (Å²) in [5.74, 6) is 2.49. The van der Waals surface area contributed by atoms with E-state index in [1.807, 2.05) is 36.4 Å². The maximum atomic E-state index is 13.5. The molecule has 5 unspecified atom stereocenters. The normalized spacial score (nSPS) is 41.1. The van der Waals surface area contributed by atoms with E-state index in [-0.39, 0.29) is 28.8 Å². The molecule has 0 amide bonds. The van der Waals surface area contributed by atoms with Gasteiger partial charge in [-0.05, 0) is 97.0 Å². The Labute approximate surface area is 247 Å². The Morgan fingerprint density at radius 3 is 2.37 bits per heavy atom. The summed E-state index contributed by atoms with van der Waals surface area (Å²) < 4.78 is 19.0. The van der Waals surface area contributed by atoms with Crippen LogP contribution in [0.5, 0.6) is 0 Å². The lowest BCUT2D eigenvalue weighted by molar-refractivity contribution is -0.242. The van der Waals surface area contributed by atoms with Crippen molar-refractivity contribution in [1.29, 1.82) is 0 Å². The Morgan fingerprint density at radius 1 is 0.951 bits per heavy atom. The summed E-state index contributed by atoms with van der Waals surface area (Å²) in [6.07, 6.45) is 12.6. The lowest BCUT2D eigenvalue weighted by atomic mass is 9.43. The van der Waals surface area contributed by atoms with E-state index in [2.05, 4.69) is 40.7 Å². The molecule has 1 aromatic rings. The average Bonchev–Trinajstić information content (AvgIpc) is 3.56. The smallest absolute Gasteiger partial charge is 0.338 e. The fraction of sp³-hybridized carbons (Fsp3) is 0.750. The zero-order valence-corrected chi connectivity index (χ0v) is 25.9. The van der Waals surface area contributed by atoms with Crippen LogP contribution in [0.2, 0.25) is 0 Å². The van der Waals surface area contributed by atoms with Gasteiger partial charge in [-0.25, -0.2) is 4.79 Å². The van der Waals surface area contributed by atoms with E-state index in [1.54, 1.807) is 0 Å². The highest BCUT2D eigenvalue weighted by atomic mass is 16.7. The summed E-state index contributed by atoms with van der Waals surface area (Å²) >= 11 is 0. The molecule has 6 rings (SSSR count). The summed E-state index contributed by atoms with van der Waals surface area (Å²) in [5.41, 5.74) is 1.07. The maximum Gasteiger partial charge on any atom is 0.338 e. The predicted molar refractivity (Wildman–Crippen MR) is 160 cm³/mol. The summed E-state index contributed by atoms with van der Waals surface area (Å²) in [7, 11) is 0. The van der Waals surface area contributed by atoms with E-state index in [9.17, 15) is 9.90 Å². The van der Waals surface area contributed by atoms with Gasteiger partial charge < -0.3 is 19.3 Å². The molecule has 10 atom stereocenters. The van der Waals surface area contributed by atoms with E-state index in [0.29, 0.717) is 54.3 Å². The number of aliphatic hydroxyl groups is 1. The lowest BCUT2D eigenvalue weighted by Crippen LogP contribution is -2.60. The van der Waals surface area contributed by atoms with E-state index >= 15 is 0 Å². The molecule has 1 saturated heterocycles. The molecule has 5 heteroatoms. The van der Waals surface area contributed by atoms with E-state index in [1.165, 1.54) is 25.7 Å². The van der Waals surface area contributed by atoms with Gasteiger partial charge in [-0.15, -0.1) is 0 Å². The van der Waals surface area contributed by atoms with Gasteiger partial charge in [0.05, 0.1) is 24.9 Å². The third-order valence-electron chi connectivity index (χ3n) is 12.7. The molecular weight excluding hydrogens is 512 g/mol. The molecular formula is C36H52O5. The predicted octanol–water partition coefficient (Wildman–Crippen LogP) is 7.43. The number of carbonyl (C=O) groups excluding carboxylic acids is 1. The minimum Gasteiger partial charge on any atom is -0.458 e. The molecule has 1 aliphatic heterocycles. The second-order valence-electron chi connectivity index (χ2n) is 15.1. The summed E-state index contributed by atoms with van der Waals surface area (Å²) in [6, 6.07) is 9.53. The molecule has 0 aromatic heterocycles. The highest BCUT2D eigenvalue weighted by molar-refractivity contribution is 5.89. The Balaban J connectivity index is 1.30. The van der Waals surface area contributed by atoms with Crippen LogP contribution in [-0.4, -0.2) is 42.3 Å². The number of hydrogen-bond donors (Lipinski definition) is 1. The average molecular weight is 565 g/mol. The Kier molecular flexibility index (Phi) is 7.96. The van der Waals surface area contributed by atoms with Crippen molar-refractivity contribution < 1.29 is 24.1 Å². The van der Waals surface area contributed by atoms with Gasteiger partial charge in [0.15, 0.2) is 5.79 Å². The van der Waals surface area contributed by atoms with Crippen molar-refractivity contribution in [3.05, 3.63) is 48.0 Å². The second kappa shape index (κ2) is 11.1. The largest absolute Gasteiger partial charge is 0.458 e. The van der Waals surface area contributed by atoms with Crippen molar-refractivity contribution in [3.63, 3.8) is 0 Å². The molecule has 5 nitrogen and oxygen atoms in total. The minimum atomic E-state index is -0.436. The first-order valence-electron chi connectivity index (χ1n) is 16.5. The summed E-state index contributed by atoms with van der Waals surface area (Å²) in [6.45, 7) is 12.9. The van der Waals surface area contributed by atoms with Gasteiger partial charge in [-0.3, -0.25) is 0 Å². The Bertz CT molecular complexity index is 1110. The number of carbonyl (C=O) groups is 1. The van der Waals surface area contributed by atoms with Crippen LogP contribution < -0.4 is 0 Å². The van der Waals surface area contributed by atoms with Crippen LogP contribution in [0.15, 0.2) is 42.5 Å². The van der Waals surface area contributed by atoms with Crippen LogP contribution in [-0.2, 0) is 14.2 Å². The number of hydrogen-bond acceptors (Lipinski definition) is 5. The number of allylic oxidation sites excluding steroid dienone is 1. The van der Waals surface area contributed by atoms with Gasteiger partial charge >= 0.3 is 5.97 Å². The molecule has 4 saturated carbocycles. The molecule has 0 radical (unpaired) electrons. The molecule has 5 fully saturated rings. The molecule has 226 valence electrons. The van der Waals surface area contributed by atoms with Crippen molar-refractivity contribution in [2.75, 3.05) is 13.2 Å². The van der Waals surface area contributed by atoms with Crippen LogP contribution in [0.3, 0.4) is 0 Å². The molecule has 4 aliphatic carbocycles. The number of benzene rings is 1. The topological polar surface area (TPSA) is 65.0 Å². The van der Waals surface area contributed by atoms with Crippen molar-refractivity contribution >= 4 is 5.97 Å². The zero-order valence-electron chi connectivity index (χ0n) is 25.9. The Morgan fingerprint density at radius 2 is 1.66 bits per heavy atom. The first kappa shape index (κ1) is 29.4. The SMILES string of the molecule is CC(C)[C@H](O)/C=C/C(C)[C@H]1CCC2C3C(OC(=O)c4ccccc4)C[C@H]4CC5(CC[C@]4(C)C3CC[C@@]21C)OCCO5. The van der Waals surface area contributed by atoms with E-state index < -0.39 is 11.9 Å². The third-order valence-corrected chi connectivity index (χ3v) is 12.7. The fourth-order valence-corrected chi connectivity index (χ4v) is 10.4. The second-order valence-corrected chi connectivity index (χ2v) is 15.1. The first-order valence-corrected chi connectivity index (χ1v) is 16.5. The van der Waals surface area contributed by atoms with Gasteiger partial charge in [0, 0.05) is 18.8 Å². The number of rotatable bonds is 6. The summed E-state index contributed by atoms with van der Waals surface area (Å²) in [4.78, 5) is 13.5. The third kappa shape index (κ3) is 5.12. The highest BCUT2D eigenvalue weighted by Crippen LogP contribution is 2.69. The molecule has 1 aromatic carbocycles. The fourth-order valence-electron chi connectivity index (χ4n) is 10.4. The first-order chi connectivity index (χ1) is 19.6. The molecule has 1 heterocycles. The van der Waals surface area contributed by atoms with Crippen molar-refractivity contribution in [2.45, 2.75) is 104 Å². The molecule has 1 N–H and O–H groups in total. The van der Waals surface area contributed by atoms with Crippen LogP contribution in [0, 0.1) is 52.3 Å². The van der Waals surface area contributed by atoms with Crippen molar-refractivity contribution in [2.24, 2.45) is 52.3 Å². The van der Waals surface area contributed by atoms with Crippen LogP contribution in [0.25, 0.3) is 0 Å². The van der Waals surface area contributed by atoms with Gasteiger partial charge in [0.25, 0.3) is 0 Å². The molecule has 1 spiro atoms. The van der Waals surface area contributed by atoms with Gasteiger partial charge in [0.2, 0.25) is 0 Å². The molecule has 0 bridgehead atoms. The molecule has 41 heavy (non-hydrogen) atoms. The highest BCUT2D eigenvalue weighted by Gasteiger charge is 2.65. The standard InChI is InChI=1S/C36H52O5/c1-23(2)30(37)14-11-24(3)27-12-13-28-32-29(15-16-35(27,28)5)34(4)17-18-36(39-19-20-40-36)22-26(34)21-31(32)41-33(38)25-9-7-6-8-10-25/h6-11,14,23-24,26-32,37H,12-13,15-22H2,1-5H3/b14-11+/t24?,26-,27+,28?,29?,30+,31?,32?,34-,35+/m0/s1. The van der Waals surface area contributed by atoms with Crippen LogP contribution in [0.1, 0.15) is 96.3 Å². The number of ether oxygens (including phenoxy) is 3. The maximum absolute atomic E-state index is 13.5. The lowest BCUT2D eigenvalue weighted by Gasteiger charge is -2.63. The van der Waals surface area contributed by atoms with Gasteiger partial charge in [-0.1, -0.05) is 65.0 Å². The van der Waals surface area contributed by atoms with E-state index in [4.69, 9.17) is 14.2 Å². The van der Waals surface area contributed by atoms with Crippen LogP contribution >= 0.6 is 0 Å². The van der Waals surface area contributed by atoms with Gasteiger partial charge in [0.1, 0.15) is 6.10 Å². The van der Waals surface area contributed by atoms with Gasteiger partial charge in [-0.2, -0.15) is 0 Å². The zero-order chi connectivity index (χ0) is 29.0. The minimum absolute atomic E-state index is 0.0840. The number of fused-ring (bicyclic) bond motifs is 5. The van der Waals surface area contributed by atoms with Crippen molar-refractivity contribution in [1.82, 2.24) is 0 Å². The molecule has 5 aliphatic rings. The Hall–Kier alpha value is -1.69. The van der Waals surface area contributed by atoms with Crippen molar-refractivity contribution in [3.8, 4) is 0 Å². The van der Waals surface area contributed by atoms with Crippen LogP contribution in [0.4, 0.5) is 0 Å². The summed E-state index contributed by atoms with van der Waals surface area (Å²) in [5, 5.41) is 10.4. The monoisotopic (exact) mass is 564 g/mol. The number of aliphatic hydroxyl groups excluding tert-OH is 1.